The molecule has 0 saturated carbocycles. The van der Waals surface area contributed by atoms with Crippen LogP contribution >= 0.6 is 0 Å². The Morgan fingerprint density at radius 3 is 2.37 bits per heavy atom. The van der Waals surface area contributed by atoms with Crippen LogP contribution in [0.4, 0.5) is 10.5 Å². The van der Waals surface area contributed by atoms with Crippen molar-refractivity contribution in [3.8, 4) is 11.5 Å². The van der Waals surface area contributed by atoms with Crippen LogP contribution in [-0.4, -0.2) is 60.5 Å². The molecule has 1 aliphatic rings. The predicted molar refractivity (Wildman–Crippen MR) is 118 cm³/mol. The van der Waals surface area contributed by atoms with Gasteiger partial charge in [0, 0.05) is 32.2 Å². The molecule has 0 aliphatic carbocycles. The first-order chi connectivity index (χ1) is 14.5. The minimum atomic E-state index is -0.164. The molecule has 1 atom stereocenters. The van der Waals surface area contributed by atoms with Crippen molar-refractivity contribution in [1.29, 1.82) is 0 Å². The zero-order valence-corrected chi connectivity index (χ0v) is 17.6. The molecular weight excluding hydrogens is 380 g/mol. The van der Waals surface area contributed by atoms with Crippen LogP contribution in [-0.2, 0) is 4.79 Å². The van der Waals surface area contributed by atoms with Gasteiger partial charge in [0.1, 0.15) is 5.75 Å². The average Bonchev–Trinajstić information content (AvgIpc) is 2.76. The molecule has 0 spiro atoms. The molecule has 0 aromatic heterocycles. The molecule has 160 valence electrons. The number of benzene rings is 2. The number of carbonyl (C=O) groups is 2. The normalized spacial score (nSPS) is 15.3. The largest absolute Gasteiger partial charge is 0.455 e. The van der Waals surface area contributed by atoms with Gasteiger partial charge in [-0.05, 0) is 37.6 Å². The quantitative estimate of drug-likeness (QED) is 0.732. The van der Waals surface area contributed by atoms with Gasteiger partial charge in [0.2, 0.25) is 5.91 Å². The fraction of sp³-hybridized carbons (Fsp3) is 0.391. The summed E-state index contributed by atoms with van der Waals surface area (Å²) in [6, 6.07) is 16.9. The van der Waals surface area contributed by atoms with Crippen LogP contribution in [0.5, 0.6) is 11.5 Å². The fourth-order valence-electron chi connectivity index (χ4n) is 3.20. The summed E-state index contributed by atoms with van der Waals surface area (Å²) in [5.41, 5.74) is 0.627. The van der Waals surface area contributed by atoms with E-state index in [9.17, 15) is 9.59 Å². The van der Waals surface area contributed by atoms with E-state index in [-0.39, 0.29) is 18.0 Å². The van der Waals surface area contributed by atoms with Crippen molar-refractivity contribution in [1.82, 2.24) is 15.1 Å². The molecule has 1 unspecified atom stereocenters. The number of nitrogens with zero attached hydrogens (tertiary/aromatic N) is 2. The summed E-state index contributed by atoms with van der Waals surface area (Å²) in [6.45, 7) is 6.90. The standard InChI is InChI=1S/C23H30N4O3/c1-3-18(2)24-22(28)17-26-13-15-27(16-14-26)23(29)25-20-11-7-8-12-21(20)30-19-9-5-4-6-10-19/h4-12,18H,3,13-17H2,1-2H3,(H,24,28)(H,25,29). The van der Waals surface area contributed by atoms with E-state index >= 15 is 0 Å². The highest BCUT2D eigenvalue weighted by atomic mass is 16.5. The van der Waals surface area contributed by atoms with Crippen molar-refractivity contribution in [2.24, 2.45) is 0 Å². The van der Waals surface area contributed by atoms with E-state index < -0.39 is 0 Å². The summed E-state index contributed by atoms with van der Waals surface area (Å²) >= 11 is 0. The number of hydrogen-bond acceptors (Lipinski definition) is 4. The van der Waals surface area contributed by atoms with Gasteiger partial charge >= 0.3 is 6.03 Å². The molecule has 1 fully saturated rings. The van der Waals surface area contributed by atoms with Crippen LogP contribution < -0.4 is 15.4 Å². The Hall–Kier alpha value is -3.06. The molecule has 0 bridgehead atoms. The molecular formula is C23H30N4O3. The molecule has 30 heavy (non-hydrogen) atoms. The zero-order valence-electron chi connectivity index (χ0n) is 17.6. The lowest BCUT2D eigenvalue weighted by atomic mass is 10.2. The topological polar surface area (TPSA) is 73.9 Å². The summed E-state index contributed by atoms with van der Waals surface area (Å²) < 4.78 is 5.91. The summed E-state index contributed by atoms with van der Waals surface area (Å²) in [5.74, 6) is 1.34. The first-order valence-electron chi connectivity index (χ1n) is 10.4. The van der Waals surface area contributed by atoms with E-state index in [2.05, 4.69) is 15.5 Å². The third-order valence-electron chi connectivity index (χ3n) is 5.15. The van der Waals surface area contributed by atoms with Crippen LogP contribution in [0.3, 0.4) is 0 Å². The number of ether oxygens (including phenoxy) is 1. The summed E-state index contributed by atoms with van der Waals surface area (Å²) in [6.07, 6.45) is 0.912. The van der Waals surface area contributed by atoms with Gasteiger partial charge in [-0.3, -0.25) is 9.69 Å². The monoisotopic (exact) mass is 410 g/mol. The molecule has 1 heterocycles. The highest BCUT2D eigenvalue weighted by molar-refractivity contribution is 5.91. The number of urea groups is 1. The van der Waals surface area contributed by atoms with Gasteiger partial charge in [0.15, 0.2) is 5.75 Å². The van der Waals surface area contributed by atoms with E-state index in [1.807, 2.05) is 68.4 Å². The van der Waals surface area contributed by atoms with Crippen molar-refractivity contribution in [2.45, 2.75) is 26.3 Å². The number of hydrogen-bond donors (Lipinski definition) is 2. The second-order valence-electron chi connectivity index (χ2n) is 7.48. The summed E-state index contributed by atoms with van der Waals surface area (Å²) in [5, 5.41) is 5.94. The lowest BCUT2D eigenvalue weighted by Crippen LogP contribution is -2.52. The SMILES string of the molecule is CCC(C)NC(=O)CN1CCN(C(=O)Nc2ccccc2Oc2ccccc2)CC1. The van der Waals surface area contributed by atoms with Crippen LogP contribution in [0, 0.1) is 0 Å². The van der Waals surface area contributed by atoms with Crippen molar-refractivity contribution < 1.29 is 14.3 Å². The number of carbonyl (C=O) groups excluding carboxylic acids is 2. The highest BCUT2D eigenvalue weighted by Gasteiger charge is 2.23. The van der Waals surface area contributed by atoms with Gasteiger partial charge in [-0.25, -0.2) is 4.79 Å². The zero-order chi connectivity index (χ0) is 21.3. The number of nitrogens with one attached hydrogen (secondary N) is 2. The Morgan fingerprint density at radius 1 is 1.00 bits per heavy atom. The van der Waals surface area contributed by atoms with E-state index in [4.69, 9.17) is 4.74 Å². The maximum absolute atomic E-state index is 12.7. The number of piperazine rings is 1. The van der Waals surface area contributed by atoms with Crippen molar-refractivity contribution in [3.05, 3.63) is 54.6 Å². The molecule has 7 heteroatoms. The van der Waals surface area contributed by atoms with Crippen molar-refractivity contribution >= 4 is 17.6 Å². The van der Waals surface area contributed by atoms with E-state index in [1.54, 1.807) is 4.90 Å². The third-order valence-corrected chi connectivity index (χ3v) is 5.15. The number of amides is 3. The van der Waals surface area contributed by atoms with Gasteiger partial charge in [-0.15, -0.1) is 0 Å². The Kier molecular flexibility index (Phi) is 7.68. The maximum Gasteiger partial charge on any atom is 0.322 e. The van der Waals surface area contributed by atoms with Crippen molar-refractivity contribution in [2.75, 3.05) is 38.0 Å². The van der Waals surface area contributed by atoms with Gasteiger partial charge in [0.05, 0.1) is 12.2 Å². The number of para-hydroxylation sites is 3. The van der Waals surface area contributed by atoms with Crippen molar-refractivity contribution in [3.63, 3.8) is 0 Å². The molecule has 2 N–H and O–H groups in total. The van der Waals surface area contributed by atoms with Gasteiger partial charge < -0.3 is 20.3 Å². The molecule has 7 nitrogen and oxygen atoms in total. The van der Waals surface area contributed by atoms with Gasteiger partial charge in [-0.2, -0.15) is 0 Å². The average molecular weight is 411 g/mol. The first-order valence-corrected chi connectivity index (χ1v) is 10.4. The fourth-order valence-corrected chi connectivity index (χ4v) is 3.20. The summed E-state index contributed by atoms with van der Waals surface area (Å²) in [7, 11) is 0. The highest BCUT2D eigenvalue weighted by Crippen LogP contribution is 2.29. The molecule has 3 amide bonds. The first kappa shape index (κ1) is 21.6. The Bertz CT molecular complexity index is 835. The molecule has 1 saturated heterocycles. The lowest BCUT2D eigenvalue weighted by Gasteiger charge is -2.34. The smallest absolute Gasteiger partial charge is 0.322 e. The van der Waals surface area contributed by atoms with Crippen LogP contribution in [0.25, 0.3) is 0 Å². The second kappa shape index (κ2) is 10.6. The predicted octanol–water partition coefficient (Wildman–Crippen LogP) is 3.54. The second-order valence-corrected chi connectivity index (χ2v) is 7.48. The molecule has 1 aliphatic heterocycles. The Balaban J connectivity index is 1.51. The lowest BCUT2D eigenvalue weighted by molar-refractivity contribution is -0.123. The van der Waals surface area contributed by atoms with E-state index in [1.165, 1.54) is 0 Å². The molecule has 2 aromatic carbocycles. The molecule has 2 aromatic rings. The van der Waals surface area contributed by atoms with Gasteiger partial charge in [0.25, 0.3) is 0 Å². The molecule has 3 rings (SSSR count). The van der Waals surface area contributed by atoms with E-state index in [0.29, 0.717) is 49.9 Å². The van der Waals surface area contributed by atoms with Crippen LogP contribution in [0.1, 0.15) is 20.3 Å². The Morgan fingerprint density at radius 2 is 1.67 bits per heavy atom. The maximum atomic E-state index is 12.7. The summed E-state index contributed by atoms with van der Waals surface area (Å²) in [4.78, 5) is 28.7. The number of rotatable bonds is 7. The third kappa shape index (κ3) is 6.22. The Labute approximate surface area is 178 Å². The van der Waals surface area contributed by atoms with Crippen LogP contribution in [0.15, 0.2) is 54.6 Å². The van der Waals surface area contributed by atoms with Gasteiger partial charge in [-0.1, -0.05) is 37.3 Å². The number of anilines is 1. The van der Waals surface area contributed by atoms with E-state index in [0.717, 1.165) is 6.42 Å². The minimum Gasteiger partial charge on any atom is -0.455 e. The minimum absolute atomic E-state index is 0.0363. The van der Waals surface area contributed by atoms with Crippen LogP contribution in [0.2, 0.25) is 0 Å². The molecule has 0 radical (unpaired) electrons.